The standard InChI is InChI=1S/C12H15FN4OS/c1-17(2)8-15-12-6-9(16-19(3,4)18)5-11(13)10(12)7-14/h5-6,8H,1-4H3/b15-8+. The summed E-state index contributed by atoms with van der Waals surface area (Å²) in [5.41, 5.74) is 0.215. The van der Waals surface area contributed by atoms with E-state index in [-0.39, 0.29) is 16.9 Å². The van der Waals surface area contributed by atoms with E-state index in [4.69, 9.17) is 5.26 Å². The van der Waals surface area contributed by atoms with E-state index in [0.717, 1.165) is 6.07 Å². The van der Waals surface area contributed by atoms with Gasteiger partial charge in [0.1, 0.15) is 17.4 Å². The molecular weight excluding hydrogens is 267 g/mol. The molecule has 0 atom stereocenters. The van der Waals surface area contributed by atoms with Gasteiger partial charge in [-0.2, -0.15) is 9.62 Å². The molecule has 1 aromatic carbocycles. The maximum Gasteiger partial charge on any atom is 0.145 e. The number of halogens is 1. The summed E-state index contributed by atoms with van der Waals surface area (Å²) in [5.74, 6) is -0.724. The number of aliphatic imine (C=N–C) groups is 1. The molecule has 0 N–H and O–H groups in total. The fraction of sp³-hybridized carbons (Fsp3) is 0.333. The van der Waals surface area contributed by atoms with E-state index in [1.807, 2.05) is 0 Å². The van der Waals surface area contributed by atoms with Gasteiger partial charge in [0.05, 0.1) is 17.7 Å². The van der Waals surface area contributed by atoms with Crippen LogP contribution in [0.25, 0.3) is 0 Å². The molecule has 0 aliphatic heterocycles. The Balaban J connectivity index is 3.44. The number of rotatable bonds is 3. The van der Waals surface area contributed by atoms with Gasteiger partial charge in [-0.05, 0) is 6.07 Å². The SMILES string of the molecule is CN(C)/C=N/c1cc(N=S(C)(C)=O)cc(F)c1C#N. The first-order chi connectivity index (χ1) is 8.73. The molecular formula is C12H15FN4OS. The van der Waals surface area contributed by atoms with E-state index in [1.165, 1.54) is 24.9 Å². The van der Waals surface area contributed by atoms with Crippen molar-refractivity contribution in [1.29, 1.82) is 5.26 Å². The lowest BCUT2D eigenvalue weighted by Crippen LogP contribution is -2.07. The van der Waals surface area contributed by atoms with Crippen molar-refractivity contribution in [2.45, 2.75) is 0 Å². The third-order valence-corrected chi connectivity index (χ3v) is 2.57. The summed E-state index contributed by atoms with van der Waals surface area (Å²) in [6.07, 6.45) is 4.35. The van der Waals surface area contributed by atoms with Crippen LogP contribution in [0.15, 0.2) is 21.5 Å². The van der Waals surface area contributed by atoms with E-state index in [0.29, 0.717) is 0 Å². The lowest BCUT2D eigenvalue weighted by atomic mass is 10.1. The van der Waals surface area contributed by atoms with Gasteiger partial charge in [0.2, 0.25) is 0 Å². The minimum atomic E-state index is -2.40. The quantitative estimate of drug-likeness (QED) is 0.631. The molecule has 7 heteroatoms. The Morgan fingerprint density at radius 2 is 2.05 bits per heavy atom. The van der Waals surface area contributed by atoms with Crippen LogP contribution in [0.1, 0.15) is 5.56 Å². The van der Waals surface area contributed by atoms with Crippen molar-refractivity contribution in [3.8, 4) is 6.07 Å². The fourth-order valence-corrected chi connectivity index (χ4v) is 1.89. The van der Waals surface area contributed by atoms with E-state index >= 15 is 0 Å². The molecule has 0 aliphatic rings. The first-order valence-corrected chi connectivity index (χ1v) is 7.67. The number of benzene rings is 1. The smallest absolute Gasteiger partial charge is 0.145 e. The highest BCUT2D eigenvalue weighted by Gasteiger charge is 2.10. The Morgan fingerprint density at radius 1 is 1.42 bits per heavy atom. The summed E-state index contributed by atoms with van der Waals surface area (Å²) in [5, 5.41) is 8.92. The molecule has 0 spiro atoms. The lowest BCUT2D eigenvalue weighted by Gasteiger charge is -2.05. The summed E-state index contributed by atoms with van der Waals surface area (Å²) in [7, 11) is 1.11. The third kappa shape index (κ3) is 4.67. The van der Waals surface area contributed by atoms with Gasteiger partial charge in [0.25, 0.3) is 0 Å². The summed E-state index contributed by atoms with van der Waals surface area (Å²) in [6.45, 7) is 0. The zero-order chi connectivity index (χ0) is 14.6. The second kappa shape index (κ2) is 5.80. The third-order valence-electron chi connectivity index (χ3n) is 1.92. The van der Waals surface area contributed by atoms with Crippen molar-refractivity contribution in [2.75, 3.05) is 26.6 Å². The van der Waals surface area contributed by atoms with Crippen molar-refractivity contribution in [1.82, 2.24) is 4.90 Å². The Morgan fingerprint density at radius 3 is 2.53 bits per heavy atom. The highest BCUT2D eigenvalue weighted by atomic mass is 32.2. The van der Waals surface area contributed by atoms with Crippen LogP contribution in [0.4, 0.5) is 15.8 Å². The van der Waals surface area contributed by atoms with Gasteiger partial charge in [-0.25, -0.2) is 13.6 Å². The van der Waals surface area contributed by atoms with Crippen LogP contribution in [-0.4, -0.2) is 42.1 Å². The lowest BCUT2D eigenvalue weighted by molar-refractivity contribution is 0.624. The summed E-state index contributed by atoms with van der Waals surface area (Å²) in [6, 6.07) is 4.28. The Hall–Kier alpha value is -1.94. The predicted molar refractivity (Wildman–Crippen MR) is 75.0 cm³/mol. The Bertz CT molecular complexity index is 659. The molecule has 1 rings (SSSR count). The average molecular weight is 282 g/mol. The van der Waals surface area contributed by atoms with Crippen molar-refractivity contribution in [2.24, 2.45) is 9.36 Å². The van der Waals surface area contributed by atoms with E-state index in [2.05, 4.69) is 9.36 Å². The van der Waals surface area contributed by atoms with Crippen LogP contribution in [0.5, 0.6) is 0 Å². The summed E-state index contributed by atoms with van der Waals surface area (Å²) in [4.78, 5) is 5.67. The summed E-state index contributed by atoms with van der Waals surface area (Å²) < 4.78 is 29.3. The van der Waals surface area contributed by atoms with Crippen LogP contribution >= 0.6 is 0 Å². The summed E-state index contributed by atoms with van der Waals surface area (Å²) >= 11 is 0. The molecule has 5 nitrogen and oxygen atoms in total. The fourth-order valence-electron chi connectivity index (χ4n) is 1.27. The maximum absolute atomic E-state index is 13.7. The highest BCUT2D eigenvalue weighted by molar-refractivity contribution is 7.92. The van der Waals surface area contributed by atoms with Crippen molar-refractivity contribution in [3.63, 3.8) is 0 Å². The topological polar surface area (TPSA) is 68.8 Å². The van der Waals surface area contributed by atoms with Gasteiger partial charge >= 0.3 is 0 Å². The second-order valence-electron chi connectivity index (χ2n) is 4.41. The van der Waals surface area contributed by atoms with E-state index < -0.39 is 15.5 Å². The molecule has 0 radical (unpaired) electrons. The zero-order valence-electron chi connectivity index (χ0n) is 11.2. The number of nitrogens with zero attached hydrogens (tertiary/aromatic N) is 4. The predicted octanol–water partition coefficient (Wildman–Crippen LogP) is 2.28. The minimum absolute atomic E-state index is 0.157. The van der Waals surface area contributed by atoms with Crippen molar-refractivity contribution in [3.05, 3.63) is 23.5 Å². The monoisotopic (exact) mass is 282 g/mol. The zero-order valence-corrected chi connectivity index (χ0v) is 12.0. The van der Waals surface area contributed by atoms with Gasteiger partial charge in [0, 0.05) is 42.4 Å². The van der Waals surface area contributed by atoms with Crippen molar-refractivity contribution < 1.29 is 8.60 Å². The molecule has 0 aromatic heterocycles. The van der Waals surface area contributed by atoms with E-state index in [9.17, 15) is 8.60 Å². The molecule has 0 bridgehead atoms. The molecule has 1 aromatic rings. The Labute approximate surface area is 112 Å². The van der Waals surface area contributed by atoms with Crippen LogP contribution < -0.4 is 0 Å². The Kier molecular flexibility index (Phi) is 4.62. The number of hydrogen-bond acceptors (Lipinski definition) is 4. The normalized spacial score (nSPS) is 11.4. The van der Waals surface area contributed by atoms with Gasteiger partial charge in [-0.3, -0.25) is 0 Å². The van der Waals surface area contributed by atoms with Crippen LogP contribution in [0, 0.1) is 17.1 Å². The molecule has 0 heterocycles. The molecule has 0 fully saturated rings. The first-order valence-electron chi connectivity index (χ1n) is 5.34. The van der Waals surface area contributed by atoms with Gasteiger partial charge in [-0.15, -0.1) is 0 Å². The highest BCUT2D eigenvalue weighted by Crippen LogP contribution is 2.28. The van der Waals surface area contributed by atoms with Crippen molar-refractivity contribution >= 4 is 27.4 Å². The molecule has 0 unspecified atom stereocenters. The van der Waals surface area contributed by atoms with Gasteiger partial charge in [0.15, 0.2) is 0 Å². The van der Waals surface area contributed by atoms with Gasteiger partial charge in [-0.1, -0.05) is 0 Å². The molecule has 102 valence electrons. The van der Waals surface area contributed by atoms with Crippen LogP contribution in [0.3, 0.4) is 0 Å². The molecule has 0 saturated carbocycles. The number of nitriles is 1. The molecule has 0 saturated heterocycles. The first kappa shape index (κ1) is 15.1. The van der Waals surface area contributed by atoms with E-state index in [1.54, 1.807) is 25.1 Å². The average Bonchev–Trinajstić information content (AvgIpc) is 2.23. The van der Waals surface area contributed by atoms with Crippen LogP contribution in [-0.2, 0) is 9.73 Å². The van der Waals surface area contributed by atoms with Crippen LogP contribution in [0.2, 0.25) is 0 Å². The van der Waals surface area contributed by atoms with Gasteiger partial charge < -0.3 is 4.90 Å². The molecule has 19 heavy (non-hydrogen) atoms. The minimum Gasteiger partial charge on any atom is -0.369 e. The molecule has 0 amide bonds. The molecule has 0 aliphatic carbocycles. The largest absolute Gasteiger partial charge is 0.369 e. The number of hydrogen-bond donors (Lipinski definition) is 0. The second-order valence-corrected chi connectivity index (χ2v) is 6.96. The maximum atomic E-state index is 13.7.